The monoisotopic (exact) mass is 264 g/mol. The third-order valence-electron chi connectivity index (χ3n) is 4.25. The van der Waals surface area contributed by atoms with Crippen LogP contribution in [0.2, 0.25) is 0 Å². The fourth-order valence-corrected chi connectivity index (χ4v) is 2.86. The van der Waals surface area contributed by atoms with E-state index in [2.05, 4.69) is 12.0 Å². The van der Waals surface area contributed by atoms with Crippen LogP contribution in [0.25, 0.3) is 0 Å². The average molecular weight is 264 g/mol. The molecule has 0 radical (unpaired) electrons. The molecule has 1 aliphatic carbocycles. The summed E-state index contributed by atoms with van der Waals surface area (Å²) in [6.07, 6.45) is 3.38. The molecule has 0 spiro atoms. The standard InChI is InChI=1S/C15H24N2O2/c1-4-17-13(9-12(3)16-17)10-14(18)15(19)7-5-11(2)6-8-15/h9,11,19H,4-8,10H2,1-3H3. The third-order valence-corrected chi connectivity index (χ3v) is 4.25. The molecule has 0 aliphatic heterocycles. The summed E-state index contributed by atoms with van der Waals surface area (Å²) >= 11 is 0. The van der Waals surface area contributed by atoms with Gasteiger partial charge in [-0.25, -0.2) is 0 Å². The molecule has 0 aromatic carbocycles. The van der Waals surface area contributed by atoms with Crippen molar-refractivity contribution in [2.24, 2.45) is 5.92 Å². The van der Waals surface area contributed by atoms with E-state index in [1.54, 1.807) is 0 Å². The molecule has 0 saturated heterocycles. The fraction of sp³-hybridized carbons (Fsp3) is 0.733. The molecule has 1 aromatic rings. The minimum absolute atomic E-state index is 0.0472. The normalized spacial score (nSPS) is 27.5. The van der Waals surface area contributed by atoms with E-state index in [4.69, 9.17) is 0 Å². The van der Waals surface area contributed by atoms with Gasteiger partial charge in [-0.05, 0) is 51.5 Å². The zero-order valence-electron chi connectivity index (χ0n) is 12.1. The molecular formula is C15H24N2O2. The Labute approximate surface area is 114 Å². The van der Waals surface area contributed by atoms with Gasteiger partial charge in [0.05, 0.1) is 12.1 Å². The number of nitrogens with zero attached hydrogens (tertiary/aromatic N) is 2. The van der Waals surface area contributed by atoms with Gasteiger partial charge in [-0.2, -0.15) is 5.10 Å². The predicted octanol–water partition coefficient (Wildman–Crippen LogP) is 2.26. The minimum Gasteiger partial charge on any atom is -0.382 e. The highest BCUT2D eigenvalue weighted by atomic mass is 16.3. The lowest BCUT2D eigenvalue weighted by molar-refractivity contribution is -0.140. The molecule has 4 heteroatoms. The molecule has 19 heavy (non-hydrogen) atoms. The number of hydrogen-bond donors (Lipinski definition) is 1. The summed E-state index contributed by atoms with van der Waals surface area (Å²) < 4.78 is 1.85. The van der Waals surface area contributed by atoms with E-state index < -0.39 is 5.60 Å². The summed E-state index contributed by atoms with van der Waals surface area (Å²) in [5.41, 5.74) is 0.731. The van der Waals surface area contributed by atoms with E-state index in [0.29, 0.717) is 25.2 Å². The maximum atomic E-state index is 12.4. The summed E-state index contributed by atoms with van der Waals surface area (Å²) in [7, 11) is 0. The second-order valence-electron chi connectivity index (χ2n) is 5.91. The Balaban J connectivity index is 2.08. The summed E-state index contributed by atoms with van der Waals surface area (Å²) in [4.78, 5) is 12.4. The van der Waals surface area contributed by atoms with Crippen LogP contribution < -0.4 is 0 Å². The van der Waals surface area contributed by atoms with Gasteiger partial charge < -0.3 is 5.11 Å². The van der Waals surface area contributed by atoms with E-state index in [9.17, 15) is 9.90 Å². The Hall–Kier alpha value is -1.16. The molecular weight excluding hydrogens is 240 g/mol. The van der Waals surface area contributed by atoms with Crippen molar-refractivity contribution >= 4 is 5.78 Å². The van der Waals surface area contributed by atoms with Gasteiger partial charge >= 0.3 is 0 Å². The number of hydrogen-bond acceptors (Lipinski definition) is 3. The number of ketones is 1. The smallest absolute Gasteiger partial charge is 0.170 e. The van der Waals surface area contributed by atoms with Gasteiger partial charge in [-0.15, -0.1) is 0 Å². The molecule has 1 aromatic heterocycles. The van der Waals surface area contributed by atoms with Crippen molar-refractivity contribution in [3.63, 3.8) is 0 Å². The molecule has 1 N–H and O–H groups in total. The quantitative estimate of drug-likeness (QED) is 0.907. The maximum Gasteiger partial charge on any atom is 0.170 e. The number of rotatable bonds is 4. The summed E-state index contributed by atoms with van der Waals surface area (Å²) in [5.74, 6) is 0.575. The van der Waals surface area contributed by atoms with Crippen LogP contribution in [-0.4, -0.2) is 26.3 Å². The Morgan fingerprint density at radius 3 is 2.74 bits per heavy atom. The van der Waals surface area contributed by atoms with Gasteiger partial charge in [-0.3, -0.25) is 9.48 Å². The number of Topliss-reactive ketones (excluding diaryl/α,β-unsaturated/α-hetero) is 1. The largest absolute Gasteiger partial charge is 0.382 e. The van der Waals surface area contributed by atoms with Crippen molar-refractivity contribution in [2.45, 2.75) is 65.0 Å². The number of aryl methyl sites for hydroxylation is 2. The van der Waals surface area contributed by atoms with Gasteiger partial charge in [0, 0.05) is 12.2 Å². The highest BCUT2D eigenvalue weighted by Crippen LogP contribution is 2.33. The van der Waals surface area contributed by atoms with Gasteiger partial charge in [0.1, 0.15) is 5.60 Å². The lowest BCUT2D eigenvalue weighted by Crippen LogP contribution is -2.43. The lowest BCUT2D eigenvalue weighted by Gasteiger charge is -2.33. The van der Waals surface area contributed by atoms with Crippen molar-refractivity contribution in [1.82, 2.24) is 9.78 Å². The summed E-state index contributed by atoms with van der Waals surface area (Å²) in [5, 5.41) is 14.9. The second kappa shape index (κ2) is 5.45. The van der Waals surface area contributed by atoms with E-state index in [0.717, 1.165) is 30.8 Å². The fourth-order valence-electron chi connectivity index (χ4n) is 2.86. The number of aliphatic hydroxyl groups is 1. The first-order valence-corrected chi connectivity index (χ1v) is 7.23. The second-order valence-corrected chi connectivity index (χ2v) is 5.91. The van der Waals surface area contributed by atoms with Gasteiger partial charge in [0.2, 0.25) is 0 Å². The van der Waals surface area contributed by atoms with E-state index in [1.165, 1.54) is 0 Å². The Morgan fingerprint density at radius 2 is 2.16 bits per heavy atom. The first-order valence-electron chi connectivity index (χ1n) is 7.23. The van der Waals surface area contributed by atoms with Crippen molar-refractivity contribution in [3.8, 4) is 0 Å². The number of carbonyl (C=O) groups is 1. The molecule has 106 valence electrons. The van der Waals surface area contributed by atoms with Crippen molar-refractivity contribution < 1.29 is 9.90 Å². The summed E-state index contributed by atoms with van der Waals surface area (Å²) in [6.45, 7) is 6.88. The molecule has 0 amide bonds. The molecule has 2 rings (SSSR count). The van der Waals surface area contributed by atoms with E-state index in [1.807, 2.05) is 24.6 Å². The predicted molar refractivity (Wildman–Crippen MR) is 73.9 cm³/mol. The molecule has 1 aliphatic rings. The van der Waals surface area contributed by atoms with Crippen LogP contribution in [0.4, 0.5) is 0 Å². The van der Waals surface area contributed by atoms with E-state index in [-0.39, 0.29) is 5.78 Å². The van der Waals surface area contributed by atoms with Gasteiger partial charge in [0.15, 0.2) is 5.78 Å². The van der Waals surface area contributed by atoms with Crippen LogP contribution in [0.1, 0.15) is 50.9 Å². The minimum atomic E-state index is -1.11. The van der Waals surface area contributed by atoms with Crippen LogP contribution in [0.5, 0.6) is 0 Å². The zero-order chi connectivity index (χ0) is 14.0. The topological polar surface area (TPSA) is 55.1 Å². The van der Waals surface area contributed by atoms with Gasteiger partial charge in [0.25, 0.3) is 0 Å². The number of aromatic nitrogens is 2. The maximum absolute atomic E-state index is 12.4. The molecule has 1 heterocycles. The van der Waals surface area contributed by atoms with Crippen LogP contribution in [-0.2, 0) is 17.8 Å². The Bertz CT molecular complexity index is 457. The van der Waals surface area contributed by atoms with Crippen LogP contribution in [0.15, 0.2) is 6.07 Å². The Morgan fingerprint density at radius 1 is 1.53 bits per heavy atom. The average Bonchev–Trinajstić information content (AvgIpc) is 2.73. The first kappa shape index (κ1) is 14.3. The molecule has 0 bridgehead atoms. The molecule has 0 unspecified atom stereocenters. The van der Waals surface area contributed by atoms with E-state index >= 15 is 0 Å². The first-order chi connectivity index (χ1) is 8.94. The molecule has 1 fully saturated rings. The van der Waals surface area contributed by atoms with Crippen molar-refractivity contribution in [1.29, 1.82) is 0 Å². The highest BCUT2D eigenvalue weighted by molar-refractivity contribution is 5.88. The zero-order valence-corrected chi connectivity index (χ0v) is 12.1. The van der Waals surface area contributed by atoms with Crippen LogP contribution in [0, 0.1) is 12.8 Å². The molecule has 0 atom stereocenters. The summed E-state index contributed by atoms with van der Waals surface area (Å²) in [6, 6.07) is 1.94. The van der Waals surface area contributed by atoms with Crippen LogP contribution >= 0.6 is 0 Å². The number of carbonyl (C=O) groups excluding carboxylic acids is 1. The van der Waals surface area contributed by atoms with Crippen LogP contribution in [0.3, 0.4) is 0 Å². The SMILES string of the molecule is CCn1nc(C)cc1CC(=O)C1(O)CCC(C)CC1. The lowest BCUT2D eigenvalue weighted by atomic mass is 9.76. The Kier molecular flexibility index (Phi) is 4.09. The van der Waals surface area contributed by atoms with Crippen molar-refractivity contribution in [3.05, 3.63) is 17.5 Å². The highest BCUT2D eigenvalue weighted by Gasteiger charge is 2.38. The van der Waals surface area contributed by atoms with Gasteiger partial charge in [-0.1, -0.05) is 6.92 Å². The molecule has 4 nitrogen and oxygen atoms in total. The molecule has 1 saturated carbocycles. The third kappa shape index (κ3) is 3.06. The van der Waals surface area contributed by atoms with Crippen molar-refractivity contribution in [2.75, 3.05) is 0 Å².